The summed E-state index contributed by atoms with van der Waals surface area (Å²) in [7, 11) is 0. The summed E-state index contributed by atoms with van der Waals surface area (Å²) in [5, 5.41) is 16.9. The minimum atomic E-state index is -0.552. The zero-order valence-electron chi connectivity index (χ0n) is 15.7. The molecule has 0 amide bonds. The van der Waals surface area contributed by atoms with E-state index in [9.17, 15) is 9.59 Å². The van der Waals surface area contributed by atoms with E-state index in [2.05, 4.69) is 32.7 Å². The van der Waals surface area contributed by atoms with E-state index < -0.39 is 11.9 Å². The van der Waals surface area contributed by atoms with Crippen molar-refractivity contribution in [1.82, 2.24) is 0 Å². The maximum atomic E-state index is 10.2. The van der Waals surface area contributed by atoms with Crippen molar-refractivity contribution in [3.05, 3.63) is 25.3 Å². The Morgan fingerprint density at radius 3 is 1.36 bits per heavy atom. The summed E-state index contributed by atoms with van der Waals surface area (Å²) < 4.78 is 0. The van der Waals surface area contributed by atoms with Crippen molar-refractivity contribution in [2.75, 3.05) is 26.4 Å². The summed E-state index contributed by atoms with van der Waals surface area (Å²) in [4.78, 5) is 37.6. The maximum Gasteiger partial charge on any atom is 0.365 e. The first-order valence-electron chi connectivity index (χ1n) is 7.87. The van der Waals surface area contributed by atoms with Gasteiger partial charge in [-0.25, -0.2) is 9.59 Å². The Kier molecular flexibility index (Phi) is 22.8. The Morgan fingerprint density at radius 2 is 1.20 bits per heavy atom. The Labute approximate surface area is 149 Å². The highest BCUT2D eigenvalue weighted by atomic mass is 17.2. The second-order valence-electron chi connectivity index (χ2n) is 5.34. The molecule has 8 heteroatoms. The quantitative estimate of drug-likeness (QED) is 0.262. The summed E-state index contributed by atoms with van der Waals surface area (Å²) in [6.07, 6.45) is 3.75. The summed E-state index contributed by atoms with van der Waals surface area (Å²) in [6.45, 7) is 14.8. The average molecular weight is 364 g/mol. The van der Waals surface area contributed by atoms with E-state index >= 15 is 0 Å². The van der Waals surface area contributed by atoms with E-state index in [1.54, 1.807) is 13.8 Å². The van der Waals surface area contributed by atoms with Gasteiger partial charge in [-0.2, -0.15) is 9.78 Å². The molecule has 0 aliphatic heterocycles. The van der Waals surface area contributed by atoms with Crippen LogP contribution in [0.1, 0.15) is 40.5 Å². The number of hydrogen-bond acceptors (Lipinski definition) is 8. The molecular formula is C17H32O8. The Bertz CT molecular complexity index is 321. The van der Waals surface area contributed by atoms with E-state index in [4.69, 9.17) is 10.2 Å². The molecule has 0 heterocycles. The van der Waals surface area contributed by atoms with Crippen LogP contribution in [0.4, 0.5) is 0 Å². The van der Waals surface area contributed by atoms with Gasteiger partial charge < -0.3 is 10.2 Å². The van der Waals surface area contributed by atoms with Crippen molar-refractivity contribution in [3.8, 4) is 0 Å². The van der Waals surface area contributed by atoms with E-state index in [1.165, 1.54) is 0 Å². The predicted octanol–water partition coefficient (Wildman–Crippen LogP) is 2.11. The van der Waals surface area contributed by atoms with Gasteiger partial charge in [-0.3, -0.25) is 9.78 Å². The monoisotopic (exact) mass is 364 g/mol. The van der Waals surface area contributed by atoms with Gasteiger partial charge in [-0.15, -0.1) is 0 Å². The topological polar surface area (TPSA) is 112 Å². The van der Waals surface area contributed by atoms with Crippen LogP contribution in [-0.4, -0.2) is 48.6 Å². The molecule has 0 unspecified atom stereocenters. The lowest BCUT2D eigenvalue weighted by atomic mass is 9.97. The summed E-state index contributed by atoms with van der Waals surface area (Å²) in [5.74, 6) is -1.10. The molecule has 25 heavy (non-hydrogen) atoms. The fourth-order valence-electron chi connectivity index (χ4n) is 0.484. The Morgan fingerprint density at radius 1 is 0.880 bits per heavy atom. The van der Waals surface area contributed by atoms with Gasteiger partial charge in [0.1, 0.15) is 0 Å². The van der Waals surface area contributed by atoms with E-state index in [0.29, 0.717) is 13.2 Å². The molecule has 0 aromatic heterocycles. The molecule has 0 aliphatic rings. The molecular weight excluding hydrogens is 332 g/mol. The molecule has 0 aromatic rings. The van der Waals surface area contributed by atoms with Crippen LogP contribution in [0.3, 0.4) is 0 Å². The third-order valence-corrected chi connectivity index (χ3v) is 2.05. The second kappa shape index (κ2) is 20.3. The lowest BCUT2D eigenvalue weighted by Crippen LogP contribution is -2.20. The van der Waals surface area contributed by atoms with E-state index in [0.717, 1.165) is 25.0 Å². The predicted molar refractivity (Wildman–Crippen MR) is 93.0 cm³/mol. The highest BCUT2D eigenvalue weighted by Gasteiger charge is 2.13. The Balaban J connectivity index is -0.000000293. The van der Waals surface area contributed by atoms with Crippen molar-refractivity contribution >= 4 is 11.9 Å². The fourth-order valence-corrected chi connectivity index (χ4v) is 0.484. The van der Waals surface area contributed by atoms with Gasteiger partial charge in [-0.05, 0) is 12.8 Å². The molecule has 0 fully saturated rings. The van der Waals surface area contributed by atoms with Crippen LogP contribution in [-0.2, 0) is 29.1 Å². The van der Waals surface area contributed by atoms with Crippen LogP contribution < -0.4 is 0 Å². The van der Waals surface area contributed by atoms with Gasteiger partial charge in [0.15, 0.2) is 0 Å². The van der Waals surface area contributed by atoms with Gasteiger partial charge in [-0.1, -0.05) is 40.9 Å². The number of aliphatic hydroxyl groups is 2. The van der Waals surface area contributed by atoms with Gasteiger partial charge in [0, 0.05) is 17.6 Å². The molecule has 2 N–H and O–H groups in total. The van der Waals surface area contributed by atoms with Gasteiger partial charge >= 0.3 is 11.9 Å². The van der Waals surface area contributed by atoms with Crippen LogP contribution in [0, 0.1) is 5.41 Å². The van der Waals surface area contributed by atoms with E-state index in [1.807, 2.05) is 13.8 Å². The highest BCUT2D eigenvalue weighted by molar-refractivity contribution is 5.80. The molecule has 0 aliphatic carbocycles. The van der Waals surface area contributed by atoms with Crippen LogP contribution in [0.2, 0.25) is 0 Å². The summed E-state index contributed by atoms with van der Waals surface area (Å²) >= 11 is 0. The Hall–Kier alpha value is -1.74. The van der Waals surface area contributed by atoms with E-state index in [-0.39, 0.29) is 18.6 Å². The van der Waals surface area contributed by atoms with Gasteiger partial charge in [0.25, 0.3) is 0 Å². The number of rotatable bonds is 10. The molecule has 148 valence electrons. The maximum absolute atomic E-state index is 10.2. The van der Waals surface area contributed by atoms with Gasteiger partial charge in [0.2, 0.25) is 0 Å². The third-order valence-electron chi connectivity index (χ3n) is 2.05. The first-order valence-corrected chi connectivity index (χ1v) is 7.87. The lowest BCUT2D eigenvalue weighted by molar-refractivity contribution is -0.267. The van der Waals surface area contributed by atoms with Crippen molar-refractivity contribution in [3.63, 3.8) is 0 Å². The molecule has 0 spiro atoms. The van der Waals surface area contributed by atoms with Crippen molar-refractivity contribution in [1.29, 1.82) is 0 Å². The van der Waals surface area contributed by atoms with Crippen molar-refractivity contribution < 1.29 is 39.4 Å². The summed E-state index contributed by atoms with van der Waals surface area (Å²) in [5.41, 5.74) is -0.306. The number of aliphatic hydroxyl groups excluding tert-OH is 2. The molecule has 0 atom stereocenters. The van der Waals surface area contributed by atoms with Crippen LogP contribution in [0.15, 0.2) is 25.3 Å². The molecule has 0 radical (unpaired) electrons. The normalized spacial score (nSPS) is 9.52. The molecule has 0 rings (SSSR count). The third kappa shape index (κ3) is 27.4. The van der Waals surface area contributed by atoms with Crippen LogP contribution in [0.5, 0.6) is 0 Å². The van der Waals surface area contributed by atoms with Crippen LogP contribution >= 0.6 is 0 Å². The first kappa shape index (κ1) is 28.1. The molecule has 0 aromatic carbocycles. The minimum absolute atomic E-state index is 0.0451. The van der Waals surface area contributed by atoms with Crippen molar-refractivity contribution in [2.24, 2.45) is 5.41 Å². The lowest BCUT2D eigenvalue weighted by Gasteiger charge is -2.16. The second-order valence-corrected chi connectivity index (χ2v) is 5.34. The molecule has 0 bridgehead atoms. The number of carbonyl (C=O) groups is 2. The standard InChI is InChI=1S/2C6H10O3.C5H12O2/c2*1-3-5-8-9-6(7)4-2;1-5(2,3-6)4-7/h2*4H,2-3,5H2,1H3;6-7H,3-4H2,1-2H3. The minimum Gasteiger partial charge on any atom is -0.396 e. The molecule has 0 saturated heterocycles. The molecule has 8 nitrogen and oxygen atoms in total. The van der Waals surface area contributed by atoms with Crippen LogP contribution in [0.25, 0.3) is 0 Å². The zero-order chi connectivity index (χ0) is 20.1. The SMILES string of the molecule is C=CC(=O)OOCCC.C=CC(=O)OOCCC.CC(C)(CO)CO. The highest BCUT2D eigenvalue weighted by Crippen LogP contribution is 2.10. The fraction of sp³-hybridized carbons (Fsp3) is 0.647. The first-order chi connectivity index (χ1) is 11.7. The summed E-state index contributed by atoms with van der Waals surface area (Å²) in [6, 6.07) is 0. The number of carbonyl (C=O) groups excluding carboxylic acids is 2. The van der Waals surface area contributed by atoms with Crippen molar-refractivity contribution in [2.45, 2.75) is 40.5 Å². The largest absolute Gasteiger partial charge is 0.396 e. The number of hydrogen-bond donors (Lipinski definition) is 2. The zero-order valence-corrected chi connectivity index (χ0v) is 15.7. The van der Waals surface area contributed by atoms with Gasteiger partial charge in [0.05, 0.1) is 26.4 Å². The average Bonchev–Trinajstić information content (AvgIpc) is 2.62. The smallest absolute Gasteiger partial charge is 0.365 e. The molecule has 0 saturated carbocycles.